The first kappa shape index (κ1) is 14.1. The molecule has 6 heteroatoms. The number of methoxy groups -OCH3 is 1. The predicted molar refractivity (Wildman–Crippen MR) is 79.6 cm³/mol. The number of aromatic hydroxyl groups is 1. The maximum atomic E-state index is 13.2. The van der Waals surface area contributed by atoms with Gasteiger partial charge in [0.2, 0.25) is 0 Å². The first-order valence-corrected chi connectivity index (χ1v) is 6.47. The van der Waals surface area contributed by atoms with E-state index in [2.05, 4.69) is 9.97 Å². The molecule has 0 saturated heterocycles. The summed E-state index contributed by atoms with van der Waals surface area (Å²) in [6, 6.07) is 7.16. The van der Waals surface area contributed by atoms with E-state index in [9.17, 15) is 13.9 Å². The van der Waals surface area contributed by atoms with Gasteiger partial charge in [0.1, 0.15) is 5.82 Å². The fraction of sp³-hybridized carbons (Fsp3) is 0.0625. The molecule has 0 unspecified atom stereocenters. The Morgan fingerprint density at radius 2 is 1.95 bits per heavy atom. The third kappa shape index (κ3) is 2.50. The van der Waals surface area contributed by atoms with Gasteiger partial charge in [-0.15, -0.1) is 0 Å². The molecule has 0 amide bonds. The summed E-state index contributed by atoms with van der Waals surface area (Å²) in [5.74, 6) is -1.09. The van der Waals surface area contributed by atoms with E-state index in [1.165, 1.54) is 7.11 Å². The number of imidazole rings is 1. The van der Waals surface area contributed by atoms with Crippen molar-refractivity contribution in [3.05, 3.63) is 53.4 Å². The number of fused-ring (bicyclic) bond motifs is 1. The van der Waals surface area contributed by atoms with Crippen molar-refractivity contribution in [2.45, 2.75) is 0 Å². The highest BCUT2D eigenvalue weighted by molar-refractivity contribution is 5.79. The van der Waals surface area contributed by atoms with Crippen LogP contribution in [0.2, 0.25) is 0 Å². The second-order valence-corrected chi connectivity index (χ2v) is 4.64. The standard InChI is InChI=1S/C16H12F2N2O2/c1-22-14-4-2-3-9(16(14)21)5-6-15-19-12-7-10(17)11(18)8-13(12)20-15/h2-8,21H,1H3,(H,19,20)/b6-5+. The fourth-order valence-corrected chi connectivity index (χ4v) is 2.11. The van der Waals surface area contributed by atoms with Crippen LogP contribution < -0.4 is 4.74 Å². The molecule has 0 atom stereocenters. The van der Waals surface area contributed by atoms with Gasteiger partial charge in [-0.1, -0.05) is 12.1 Å². The number of ether oxygens (including phenoxy) is 1. The number of phenolic OH excluding ortho intramolecular Hbond substituents is 1. The predicted octanol–water partition coefficient (Wildman–Crippen LogP) is 3.73. The monoisotopic (exact) mass is 302 g/mol. The molecule has 3 aromatic rings. The van der Waals surface area contributed by atoms with Gasteiger partial charge in [0.05, 0.1) is 18.1 Å². The Labute approximate surface area is 124 Å². The second-order valence-electron chi connectivity index (χ2n) is 4.64. The van der Waals surface area contributed by atoms with Crippen molar-refractivity contribution >= 4 is 23.2 Å². The van der Waals surface area contributed by atoms with Gasteiger partial charge in [-0.2, -0.15) is 0 Å². The van der Waals surface area contributed by atoms with Gasteiger partial charge in [-0.05, 0) is 18.2 Å². The Kier molecular flexibility index (Phi) is 3.50. The fourth-order valence-electron chi connectivity index (χ4n) is 2.11. The number of nitrogens with zero attached hydrogens (tertiary/aromatic N) is 1. The van der Waals surface area contributed by atoms with E-state index in [0.717, 1.165) is 12.1 Å². The third-order valence-electron chi connectivity index (χ3n) is 3.21. The number of para-hydroxylation sites is 1. The minimum atomic E-state index is -0.944. The van der Waals surface area contributed by atoms with Crippen LogP contribution in [0.25, 0.3) is 23.2 Å². The van der Waals surface area contributed by atoms with Crippen LogP contribution in [0, 0.1) is 11.6 Å². The zero-order valence-electron chi connectivity index (χ0n) is 11.6. The van der Waals surface area contributed by atoms with Crippen LogP contribution in [0.15, 0.2) is 30.3 Å². The molecule has 0 radical (unpaired) electrons. The first-order valence-electron chi connectivity index (χ1n) is 6.47. The van der Waals surface area contributed by atoms with Crippen molar-refractivity contribution in [3.8, 4) is 11.5 Å². The van der Waals surface area contributed by atoms with Crippen LogP contribution in [0.4, 0.5) is 8.78 Å². The lowest BCUT2D eigenvalue weighted by atomic mass is 10.1. The van der Waals surface area contributed by atoms with E-state index < -0.39 is 11.6 Å². The number of phenols is 1. The Bertz CT molecular complexity index is 833. The number of benzene rings is 2. The van der Waals surface area contributed by atoms with Gasteiger partial charge >= 0.3 is 0 Å². The highest BCUT2D eigenvalue weighted by Gasteiger charge is 2.08. The minimum absolute atomic E-state index is 0.00875. The first-order chi connectivity index (χ1) is 10.6. The molecule has 0 spiro atoms. The average molecular weight is 302 g/mol. The van der Waals surface area contributed by atoms with Crippen LogP contribution in [-0.4, -0.2) is 22.2 Å². The maximum absolute atomic E-state index is 13.2. The van der Waals surface area contributed by atoms with Gasteiger partial charge in [-0.3, -0.25) is 0 Å². The van der Waals surface area contributed by atoms with Crippen molar-refractivity contribution in [3.63, 3.8) is 0 Å². The third-order valence-corrected chi connectivity index (χ3v) is 3.21. The summed E-state index contributed by atoms with van der Waals surface area (Å²) in [5.41, 5.74) is 1.26. The lowest BCUT2D eigenvalue weighted by molar-refractivity contribution is 0.373. The summed E-state index contributed by atoms with van der Waals surface area (Å²) >= 11 is 0. The SMILES string of the molecule is COc1cccc(/C=C/c2nc3cc(F)c(F)cc3[nH]2)c1O. The van der Waals surface area contributed by atoms with Gasteiger partial charge in [0.15, 0.2) is 23.1 Å². The minimum Gasteiger partial charge on any atom is -0.504 e. The maximum Gasteiger partial charge on any atom is 0.165 e. The Hall–Kier alpha value is -2.89. The van der Waals surface area contributed by atoms with Gasteiger partial charge in [-0.25, -0.2) is 13.8 Å². The molecular formula is C16H12F2N2O2. The Morgan fingerprint density at radius 1 is 1.18 bits per heavy atom. The number of halogens is 2. The van der Waals surface area contributed by atoms with E-state index in [1.54, 1.807) is 30.4 Å². The molecule has 0 aliphatic rings. The Balaban J connectivity index is 1.96. The molecule has 4 nitrogen and oxygen atoms in total. The quantitative estimate of drug-likeness (QED) is 0.775. The lowest BCUT2D eigenvalue weighted by Gasteiger charge is -2.04. The van der Waals surface area contributed by atoms with Gasteiger partial charge in [0, 0.05) is 17.7 Å². The largest absolute Gasteiger partial charge is 0.504 e. The topological polar surface area (TPSA) is 58.1 Å². The molecule has 0 saturated carbocycles. The molecule has 3 rings (SSSR count). The number of rotatable bonds is 3. The summed E-state index contributed by atoms with van der Waals surface area (Å²) in [4.78, 5) is 7.00. The number of H-pyrrole nitrogens is 1. The van der Waals surface area contributed by atoms with Crippen molar-refractivity contribution < 1.29 is 18.6 Å². The van der Waals surface area contributed by atoms with Crippen molar-refractivity contribution in [1.29, 1.82) is 0 Å². The molecule has 0 aliphatic heterocycles. The molecule has 2 aromatic carbocycles. The van der Waals surface area contributed by atoms with E-state index in [-0.39, 0.29) is 5.75 Å². The Morgan fingerprint density at radius 3 is 2.73 bits per heavy atom. The molecule has 2 N–H and O–H groups in total. The number of hydrogen-bond donors (Lipinski definition) is 2. The zero-order chi connectivity index (χ0) is 15.7. The second kappa shape index (κ2) is 5.48. The van der Waals surface area contributed by atoms with E-state index in [0.29, 0.717) is 28.2 Å². The summed E-state index contributed by atoms with van der Waals surface area (Å²) in [7, 11) is 1.46. The molecule has 0 aliphatic carbocycles. The van der Waals surface area contributed by atoms with Crippen LogP contribution in [-0.2, 0) is 0 Å². The summed E-state index contributed by atoms with van der Waals surface area (Å²) in [6.45, 7) is 0. The highest BCUT2D eigenvalue weighted by Crippen LogP contribution is 2.30. The number of aromatic nitrogens is 2. The average Bonchev–Trinajstić information content (AvgIpc) is 2.88. The molecule has 0 fully saturated rings. The van der Waals surface area contributed by atoms with Crippen LogP contribution in [0.1, 0.15) is 11.4 Å². The molecule has 1 heterocycles. The summed E-state index contributed by atoms with van der Waals surface area (Å²) in [6.07, 6.45) is 3.23. The van der Waals surface area contributed by atoms with Crippen molar-refractivity contribution in [1.82, 2.24) is 9.97 Å². The van der Waals surface area contributed by atoms with Crippen LogP contribution in [0.5, 0.6) is 11.5 Å². The van der Waals surface area contributed by atoms with E-state index in [1.807, 2.05) is 0 Å². The highest BCUT2D eigenvalue weighted by atomic mass is 19.2. The number of aromatic amines is 1. The van der Waals surface area contributed by atoms with Crippen LogP contribution in [0.3, 0.4) is 0 Å². The number of nitrogens with one attached hydrogen (secondary N) is 1. The molecule has 1 aromatic heterocycles. The van der Waals surface area contributed by atoms with E-state index in [4.69, 9.17) is 4.74 Å². The lowest BCUT2D eigenvalue weighted by Crippen LogP contribution is -1.85. The van der Waals surface area contributed by atoms with Gasteiger partial charge in [0.25, 0.3) is 0 Å². The molecule has 112 valence electrons. The normalized spacial score (nSPS) is 11.4. The summed E-state index contributed by atoms with van der Waals surface area (Å²) < 4.78 is 31.3. The summed E-state index contributed by atoms with van der Waals surface area (Å²) in [5, 5.41) is 9.97. The molecule has 22 heavy (non-hydrogen) atoms. The van der Waals surface area contributed by atoms with Gasteiger partial charge < -0.3 is 14.8 Å². The molecule has 0 bridgehead atoms. The zero-order valence-corrected chi connectivity index (χ0v) is 11.6. The van der Waals surface area contributed by atoms with Crippen LogP contribution >= 0.6 is 0 Å². The molecular weight excluding hydrogens is 290 g/mol. The van der Waals surface area contributed by atoms with E-state index >= 15 is 0 Å². The van der Waals surface area contributed by atoms with Crippen molar-refractivity contribution in [2.24, 2.45) is 0 Å². The smallest absolute Gasteiger partial charge is 0.165 e. The number of hydrogen-bond acceptors (Lipinski definition) is 3. The van der Waals surface area contributed by atoms with Crippen molar-refractivity contribution in [2.75, 3.05) is 7.11 Å².